The maximum atomic E-state index is 11.7. The number of imide groups is 1. The molecule has 0 radical (unpaired) electrons. The average Bonchev–Trinajstić information content (AvgIpc) is 2.77. The summed E-state index contributed by atoms with van der Waals surface area (Å²) in [7, 11) is -3.37. The molecule has 130 valence electrons. The number of rotatable bonds is 12. The van der Waals surface area contributed by atoms with Crippen molar-refractivity contribution in [2.75, 3.05) is 19.8 Å². The Morgan fingerprint density at radius 1 is 1.09 bits per heavy atom. The van der Waals surface area contributed by atoms with E-state index < -0.39 is 7.60 Å². The normalized spacial score (nSPS) is 16.9. The van der Waals surface area contributed by atoms with E-state index >= 15 is 0 Å². The maximum absolute atomic E-state index is 11.7. The highest BCUT2D eigenvalue weighted by Crippen LogP contribution is 2.36. The van der Waals surface area contributed by atoms with Gasteiger partial charge in [0, 0.05) is 38.2 Å². The van der Waals surface area contributed by atoms with Gasteiger partial charge >= 0.3 is 7.60 Å². The third kappa shape index (κ3) is 8.79. The van der Waals surface area contributed by atoms with Crippen LogP contribution in [0.4, 0.5) is 0 Å². The lowest BCUT2D eigenvalue weighted by Crippen LogP contribution is -2.32. The van der Waals surface area contributed by atoms with E-state index in [0.29, 0.717) is 6.42 Å². The largest absolute Gasteiger partial charge is 0.325 e. The number of carbonyl (C=O) groups is 3. The third-order valence-electron chi connectivity index (χ3n) is 3.45. The predicted octanol–water partition coefficient (Wildman–Crippen LogP) is 2.04. The monoisotopic (exact) mass is 345 g/mol. The van der Waals surface area contributed by atoms with Crippen LogP contribution in [0.3, 0.4) is 0 Å². The summed E-state index contributed by atoms with van der Waals surface area (Å²) in [5.74, 6) is -0.665. The Morgan fingerprint density at radius 2 is 1.65 bits per heavy atom. The van der Waals surface area contributed by atoms with Gasteiger partial charge in [-0.1, -0.05) is 19.3 Å². The number of Topliss-reactive ketones (excluding diaryl/α,β-unsaturated/α-hetero) is 1. The molecule has 1 aliphatic heterocycles. The van der Waals surface area contributed by atoms with Gasteiger partial charge in [0.1, 0.15) is 5.78 Å². The quantitative estimate of drug-likeness (QED) is 0.330. The van der Waals surface area contributed by atoms with Crippen molar-refractivity contribution in [2.24, 2.45) is 0 Å². The van der Waals surface area contributed by atoms with Crippen LogP contribution < -0.4 is 0 Å². The van der Waals surface area contributed by atoms with Crippen LogP contribution >= 0.6 is 7.60 Å². The fourth-order valence-electron chi connectivity index (χ4n) is 2.20. The first-order valence-corrected chi connectivity index (χ1v) is 9.82. The van der Waals surface area contributed by atoms with Crippen LogP contribution in [0.5, 0.6) is 0 Å². The van der Waals surface area contributed by atoms with Crippen LogP contribution in [-0.2, 0) is 23.5 Å². The molecular weight excluding hydrogens is 321 g/mol. The number of unbranched alkanes of at least 4 members (excludes halogenated alkanes) is 4. The second-order valence-corrected chi connectivity index (χ2v) is 7.47. The molecule has 0 spiro atoms. The van der Waals surface area contributed by atoms with Crippen LogP contribution in [0.25, 0.3) is 0 Å². The van der Waals surface area contributed by atoms with Gasteiger partial charge in [0.25, 0.3) is 11.8 Å². The first-order chi connectivity index (χ1) is 10.8. The fraction of sp³-hybridized carbons (Fsp3) is 0.667. The molecule has 0 fully saturated rings. The van der Waals surface area contributed by atoms with Gasteiger partial charge in [-0.25, -0.2) is 0 Å². The third-order valence-corrected chi connectivity index (χ3v) is 4.11. The van der Waals surface area contributed by atoms with Gasteiger partial charge in [-0.3, -0.25) is 23.8 Å². The van der Waals surface area contributed by atoms with Gasteiger partial charge < -0.3 is 9.42 Å². The first-order valence-electron chi connectivity index (χ1n) is 7.79. The van der Waals surface area contributed by atoms with Gasteiger partial charge in [0.05, 0.1) is 6.61 Å². The molecule has 2 amide bonds. The van der Waals surface area contributed by atoms with Crippen molar-refractivity contribution in [1.29, 1.82) is 0 Å². The molecule has 0 aromatic heterocycles. The lowest BCUT2D eigenvalue weighted by molar-refractivity contribution is -0.137. The molecule has 1 heterocycles. The summed E-state index contributed by atoms with van der Waals surface area (Å²) in [6.45, 7) is 1.59. The van der Waals surface area contributed by atoms with E-state index in [2.05, 4.69) is 0 Å². The summed E-state index contributed by atoms with van der Waals surface area (Å²) in [5, 5.41) is 0. The second kappa shape index (κ2) is 9.75. The second-order valence-electron chi connectivity index (χ2n) is 5.60. The fourth-order valence-corrected chi connectivity index (χ4v) is 2.67. The van der Waals surface area contributed by atoms with E-state index in [1.165, 1.54) is 12.2 Å². The van der Waals surface area contributed by atoms with Crippen LogP contribution in [0.1, 0.15) is 44.9 Å². The smallest absolute Gasteiger partial charge is 0.324 e. The number of hydrogen-bond donors (Lipinski definition) is 1. The van der Waals surface area contributed by atoms with Crippen molar-refractivity contribution in [3.63, 3.8) is 0 Å². The van der Waals surface area contributed by atoms with Crippen molar-refractivity contribution in [2.45, 2.75) is 44.9 Å². The Kier molecular flexibility index (Phi) is 8.37. The van der Waals surface area contributed by atoms with E-state index in [-0.39, 0.29) is 37.2 Å². The minimum Gasteiger partial charge on any atom is -0.324 e. The highest BCUT2D eigenvalue weighted by atomic mass is 31.2. The highest BCUT2D eigenvalue weighted by molar-refractivity contribution is 7.51. The van der Waals surface area contributed by atoms with E-state index in [0.717, 1.165) is 43.7 Å². The molecular formula is C15H24NO6P. The summed E-state index contributed by atoms with van der Waals surface area (Å²) < 4.78 is 15.6. The Bertz CT molecular complexity index is 492. The SMILES string of the molecule is CP(=O)(O)OCCCCCCCC(=O)CCN1C(=O)C=CC1=O. The molecule has 0 saturated heterocycles. The van der Waals surface area contributed by atoms with E-state index in [9.17, 15) is 18.9 Å². The zero-order valence-corrected chi connectivity index (χ0v) is 14.3. The molecule has 7 nitrogen and oxygen atoms in total. The van der Waals surface area contributed by atoms with Crippen molar-refractivity contribution < 1.29 is 28.4 Å². The lowest BCUT2D eigenvalue weighted by atomic mass is 10.1. The molecule has 0 aromatic rings. The molecule has 23 heavy (non-hydrogen) atoms. The number of carbonyl (C=O) groups excluding carboxylic acids is 3. The number of hydrogen-bond acceptors (Lipinski definition) is 5. The molecule has 1 atom stereocenters. The van der Waals surface area contributed by atoms with Gasteiger partial charge in [-0.05, 0) is 12.8 Å². The predicted molar refractivity (Wildman–Crippen MR) is 84.9 cm³/mol. The van der Waals surface area contributed by atoms with Crippen molar-refractivity contribution in [3.05, 3.63) is 12.2 Å². The maximum Gasteiger partial charge on any atom is 0.325 e. The number of amides is 2. The summed E-state index contributed by atoms with van der Waals surface area (Å²) in [6, 6.07) is 0. The topological polar surface area (TPSA) is 101 Å². The average molecular weight is 345 g/mol. The zero-order chi connectivity index (χ0) is 17.3. The Balaban J connectivity index is 1.97. The molecule has 1 unspecified atom stereocenters. The Morgan fingerprint density at radius 3 is 2.26 bits per heavy atom. The Labute approximate surface area is 136 Å². The van der Waals surface area contributed by atoms with Crippen molar-refractivity contribution >= 4 is 25.2 Å². The first kappa shape index (κ1) is 19.7. The molecule has 1 aliphatic rings. The van der Waals surface area contributed by atoms with E-state index in [1.807, 2.05) is 0 Å². The van der Waals surface area contributed by atoms with Crippen LogP contribution in [0, 0.1) is 0 Å². The molecule has 0 aliphatic carbocycles. The minimum atomic E-state index is -3.37. The standard InChI is InChI=1S/C15H24NO6P/c1-23(20,21)22-12-6-4-2-3-5-7-13(17)10-11-16-14(18)8-9-15(16)19/h8-9H,2-7,10-12H2,1H3,(H,20,21). The molecule has 1 rings (SSSR count). The van der Waals surface area contributed by atoms with Gasteiger partial charge in [0.2, 0.25) is 0 Å². The van der Waals surface area contributed by atoms with Gasteiger partial charge in [-0.2, -0.15) is 0 Å². The summed E-state index contributed by atoms with van der Waals surface area (Å²) in [6.07, 6.45) is 7.29. The molecule has 8 heteroatoms. The number of ketones is 1. The molecule has 0 saturated carbocycles. The van der Waals surface area contributed by atoms with Crippen molar-refractivity contribution in [3.8, 4) is 0 Å². The van der Waals surface area contributed by atoms with E-state index in [1.54, 1.807) is 0 Å². The Hall–Kier alpha value is -1.30. The summed E-state index contributed by atoms with van der Waals surface area (Å²) in [5.41, 5.74) is 0. The van der Waals surface area contributed by atoms with Crippen molar-refractivity contribution in [1.82, 2.24) is 4.90 Å². The number of nitrogens with zero attached hydrogens (tertiary/aromatic N) is 1. The van der Waals surface area contributed by atoms with Gasteiger partial charge in [-0.15, -0.1) is 0 Å². The lowest BCUT2D eigenvalue weighted by Gasteiger charge is -2.12. The molecule has 1 N–H and O–H groups in total. The van der Waals surface area contributed by atoms with E-state index in [4.69, 9.17) is 9.42 Å². The van der Waals surface area contributed by atoms with Crippen LogP contribution in [0.15, 0.2) is 12.2 Å². The summed E-state index contributed by atoms with van der Waals surface area (Å²) >= 11 is 0. The zero-order valence-electron chi connectivity index (χ0n) is 13.4. The summed E-state index contributed by atoms with van der Waals surface area (Å²) in [4.78, 5) is 44.3. The molecule has 0 aromatic carbocycles. The minimum absolute atomic E-state index is 0.0491. The van der Waals surface area contributed by atoms with Gasteiger partial charge in [0.15, 0.2) is 0 Å². The van der Waals surface area contributed by atoms with Crippen LogP contribution in [-0.4, -0.2) is 47.2 Å². The highest BCUT2D eigenvalue weighted by Gasteiger charge is 2.23. The molecule has 0 bridgehead atoms. The van der Waals surface area contributed by atoms with Crippen LogP contribution in [0.2, 0.25) is 0 Å².